The fourth-order valence-corrected chi connectivity index (χ4v) is 5.80. The summed E-state index contributed by atoms with van der Waals surface area (Å²) in [7, 11) is 6.24. The second-order valence-electron chi connectivity index (χ2n) is 9.12. The van der Waals surface area contributed by atoms with Crippen molar-refractivity contribution in [2.24, 2.45) is 4.99 Å². The Morgan fingerprint density at radius 1 is 0.902 bits per heavy atom. The Hall–Kier alpha value is -4.83. The third kappa shape index (κ3) is 5.33. The molecule has 0 saturated heterocycles. The lowest BCUT2D eigenvalue weighted by Gasteiger charge is -2.26. The fourth-order valence-electron chi connectivity index (χ4n) is 4.76. The third-order valence-corrected chi connectivity index (χ3v) is 7.74. The molecule has 0 saturated carbocycles. The van der Waals surface area contributed by atoms with Gasteiger partial charge in [-0.1, -0.05) is 29.5 Å². The Bertz CT molecular complexity index is 1820. The maximum atomic E-state index is 14.1. The van der Waals surface area contributed by atoms with Gasteiger partial charge >= 0.3 is 0 Å². The highest BCUT2D eigenvalue weighted by Gasteiger charge is 2.34. The number of carbonyl (C=O) groups is 1. The average Bonchev–Trinajstić information content (AvgIpc) is 3.30. The number of nitrogens with one attached hydrogen (secondary N) is 1. The average molecular weight is 572 g/mol. The lowest BCUT2D eigenvalue weighted by Crippen LogP contribution is -2.40. The van der Waals surface area contributed by atoms with E-state index in [2.05, 4.69) is 5.32 Å². The van der Waals surface area contributed by atoms with Gasteiger partial charge in [0.25, 0.3) is 11.5 Å². The maximum absolute atomic E-state index is 14.1. The quantitative estimate of drug-likeness (QED) is 0.344. The summed E-state index contributed by atoms with van der Waals surface area (Å²) in [6, 6.07) is 19.0. The van der Waals surface area contributed by atoms with Gasteiger partial charge in [-0.3, -0.25) is 14.2 Å². The molecule has 1 amide bonds. The summed E-state index contributed by atoms with van der Waals surface area (Å²) in [6.45, 7) is 1.77. The van der Waals surface area contributed by atoms with E-state index in [9.17, 15) is 9.59 Å². The van der Waals surface area contributed by atoms with Crippen LogP contribution in [0.1, 0.15) is 24.1 Å². The number of hydrogen-bond donors (Lipinski definition) is 1. The number of aromatic nitrogens is 1. The van der Waals surface area contributed by atoms with Crippen LogP contribution >= 0.6 is 11.3 Å². The summed E-state index contributed by atoms with van der Waals surface area (Å²) >= 11 is 1.23. The van der Waals surface area contributed by atoms with E-state index in [0.29, 0.717) is 60.4 Å². The van der Waals surface area contributed by atoms with Crippen LogP contribution in [0, 0.1) is 0 Å². The first-order valence-electron chi connectivity index (χ1n) is 12.7. The SMILES string of the molecule is COc1ccc(OC)c(/C=c2\sc3n(c2=O)[C@H](c2ccc(OC)cc2OC)C(C(=O)Nc2ccccc2)=C(C)N=3)c1. The van der Waals surface area contributed by atoms with E-state index in [0.717, 1.165) is 0 Å². The molecule has 1 atom stereocenters. The van der Waals surface area contributed by atoms with Crippen LogP contribution in [-0.2, 0) is 4.79 Å². The molecule has 0 spiro atoms. The van der Waals surface area contributed by atoms with Gasteiger partial charge in [-0.25, -0.2) is 4.99 Å². The minimum absolute atomic E-state index is 0.306. The van der Waals surface area contributed by atoms with Gasteiger partial charge in [0.2, 0.25) is 0 Å². The minimum atomic E-state index is -0.815. The normalized spacial score (nSPS) is 14.7. The van der Waals surface area contributed by atoms with Gasteiger partial charge in [-0.15, -0.1) is 0 Å². The van der Waals surface area contributed by atoms with Gasteiger partial charge < -0.3 is 24.3 Å². The number of nitrogens with zero attached hydrogens (tertiary/aromatic N) is 2. The third-order valence-electron chi connectivity index (χ3n) is 6.76. The van der Waals surface area contributed by atoms with Crippen molar-refractivity contribution in [3.63, 3.8) is 0 Å². The molecule has 0 unspecified atom stereocenters. The lowest BCUT2D eigenvalue weighted by molar-refractivity contribution is -0.113. The van der Waals surface area contributed by atoms with E-state index in [1.807, 2.05) is 18.2 Å². The molecule has 4 aromatic rings. The number of fused-ring (bicyclic) bond motifs is 1. The van der Waals surface area contributed by atoms with E-state index in [4.69, 9.17) is 23.9 Å². The molecule has 41 heavy (non-hydrogen) atoms. The Balaban J connectivity index is 1.73. The van der Waals surface area contributed by atoms with Gasteiger partial charge in [-0.05, 0) is 55.5 Å². The Morgan fingerprint density at radius 3 is 2.27 bits per heavy atom. The summed E-state index contributed by atoms with van der Waals surface area (Å²) in [5, 5.41) is 2.95. The molecular formula is C31H29N3O6S. The summed E-state index contributed by atoms with van der Waals surface area (Å²) in [6.07, 6.45) is 1.75. The van der Waals surface area contributed by atoms with Crippen LogP contribution < -0.4 is 39.2 Å². The zero-order valence-corrected chi connectivity index (χ0v) is 24.1. The highest BCUT2D eigenvalue weighted by atomic mass is 32.1. The molecule has 1 N–H and O–H groups in total. The molecule has 210 valence electrons. The highest BCUT2D eigenvalue weighted by Crippen LogP contribution is 2.37. The number of thiazole rings is 1. The molecule has 5 rings (SSSR count). The van der Waals surface area contributed by atoms with Gasteiger partial charge in [-0.2, -0.15) is 0 Å². The predicted octanol–water partition coefficient (Wildman–Crippen LogP) is 3.91. The van der Waals surface area contributed by atoms with Crippen LogP contribution in [0.3, 0.4) is 0 Å². The number of methoxy groups -OCH3 is 4. The number of carbonyl (C=O) groups excluding carboxylic acids is 1. The van der Waals surface area contributed by atoms with Gasteiger partial charge in [0.05, 0.1) is 44.2 Å². The maximum Gasteiger partial charge on any atom is 0.271 e. The summed E-state index contributed by atoms with van der Waals surface area (Å²) in [4.78, 5) is 33.1. The molecule has 1 aromatic heterocycles. The van der Waals surface area contributed by atoms with E-state index in [1.165, 1.54) is 18.4 Å². The monoisotopic (exact) mass is 571 g/mol. The molecule has 1 aliphatic rings. The van der Waals surface area contributed by atoms with Gasteiger partial charge in [0.15, 0.2) is 4.80 Å². The van der Waals surface area contributed by atoms with E-state index < -0.39 is 6.04 Å². The molecule has 9 nitrogen and oxygen atoms in total. The van der Waals surface area contributed by atoms with Crippen LogP contribution in [0.25, 0.3) is 6.08 Å². The zero-order chi connectivity index (χ0) is 29.1. The van der Waals surface area contributed by atoms with Crippen molar-refractivity contribution < 1.29 is 23.7 Å². The molecule has 3 aromatic carbocycles. The molecule has 2 heterocycles. The van der Waals surface area contributed by atoms with Crippen molar-refractivity contribution in [3.05, 3.63) is 109 Å². The Kier molecular flexibility index (Phi) is 7.93. The fraction of sp³-hybridized carbons (Fsp3) is 0.194. The van der Waals surface area contributed by atoms with Gasteiger partial charge in [0, 0.05) is 22.9 Å². The Labute approximate surface area is 240 Å². The largest absolute Gasteiger partial charge is 0.497 e. The Morgan fingerprint density at radius 2 is 1.59 bits per heavy atom. The van der Waals surface area contributed by atoms with Crippen molar-refractivity contribution in [1.29, 1.82) is 0 Å². The smallest absolute Gasteiger partial charge is 0.271 e. The van der Waals surface area contributed by atoms with Crippen molar-refractivity contribution in [2.45, 2.75) is 13.0 Å². The van der Waals surface area contributed by atoms with Crippen LogP contribution in [0.4, 0.5) is 5.69 Å². The topological polar surface area (TPSA) is 100 Å². The number of allylic oxidation sites excluding steroid dienone is 1. The van der Waals surface area contributed by atoms with Crippen molar-refractivity contribution >= 4 is 29.0 Å². The first-order chi connectivity index (χ1) is 19.9. The van der Waals surface area contributed by atoms with Gasteiger partial charge in [0.1, 0.15) is 29.0 Å². The second kappa shape index (κ2) is 11.7. The molecule has 0 aliphatic carbocycles. The standard InChI is InChI=1S/C31H29N3O6S/c1-18-27(29(35)33-20-9-7-6-8-10-20)28(23-13-11-22(38-3)17-25(23)40-5)34-30(36)26(41-31(34)32-18)16-19-15-21(37-2)12-14-24(19)39-4/h6-17,28H,1-5H3,(H,33,35)/b26-16-/t28-/m1/s1. The number of hydrogen-bond acceptors (Lipinski definition) is 8. The number of amides is 1. The molecular weight excluding hydrogens is 542 g/mol. The minimum Gasteiger partial charge on any atom is -0.497 e. The number of para-hydroxylation sites is 1. The van der Waals surface area contributed by atoms with Crippen molar-refractivity contribution in [1.82, 2.24) is 4.57 Å². The van der Waals surface area contributed by atoms with Crippen LogP contribution in [0.5, 0.6) is 23.0 Å². The molecule has 0 radical (unpaired) electrons. The summed E-state index contributed by atoms with van der Waals surface area (Å²) in [5.41, 5.74) is 2.43. The van der Waals surface area contributed by atoms with Crippen LogP contribution in [0.2, 0.25) is 0 Å². The summed E-state index contributed by atoms with van der Waals surface area (Å²) < 4.78 is 24.0. The summed E-state index contributed by atoms with van der Waals surface area (Å²) in [5.74, 6) is 1.90. The number of rotatable bonds is 8. The molecule has 0 bridgehead atoms. The van der Waals surface area contributed by atoms with Crippen molar-refractivity contribution in [3.8, 4) is 23.0 Å². The van der Waals surface area contributed by atoms with Crippen LogP contribution in [-0.4, -0.2) is 38.9 Å². The van der Waals surface area contributed by atoms with E-state index in [1.54, 1.807) is 87.4 Å². The highest BCUT2D eigenvalue weighted by molar-refractivity contribution is 7.07. The predicted molar refractivity (Wildman–Crippen MR) is 158 cm³/mol. The zero-order valence-electron chi connectivity index (χ0n) is 23.3. The van der Waals surface area contributed by atoms with Crippen LogP contribution in [0.15, 0.2) is 87.8 Å². The molecule has 0 fully saturated rings. The number of ether oxygens (including phenoxy) is 4. The van der Waals surface area contributed by atoms with E-state index >= 15 is 0 Å². The second-order valence-corrected chi connectivity index (χ2v) is 10.1. The molecule has 1 aliphatic heterocycles. The van der Waals surface area contributed by atoms with E-state index in [-0.39, 0.29) is 11.5 Å². The number of anilines is 1. The first kappa shape index (κ1) is 27.7. The lowest BCUT2D eigenvalue weighted by atomic mass is 9.94. The molecule has 10 heteroatoms. The van der Waals surface area contributed by atoms with Crippen molar-refractivity contribution in [2.75, 3.05) is 33.8 Å². The first-order valence-corrected chi connectivity index (χ1v) is 13.5. The number of benzene rings is 3.